The monoisotopic (exact) mass is 142 g/mol. The predicted octanol–water partition coefficient (Wildman–Crippen LogP) is 1.29. The summed E-state index contributed by atoms with van der Waals surface area (Å²) in [5.74, 6) is 0.135. The standard InChI is InChI=1S/C8H14O2/c1-6(4-9)8(3)7(2)5-10/h4-8H,1-3H3. The normalized spacial score (nSPS) is 19.1. The summed E-state index contributed by atoms with van der Waals surface area (Å²) >= 11 is 0. The Kier molecular flexibility index (Phi) is 3.93. The summed E-state index contributed by atoms with van der Waals surface area (Å²) in [5, 5.41) is 0. The van der Waals surface area contributed by atoms with E-state index in [1.807, 2.05) is 20.8 Å². The fourth-order valence-electron chi connectivity index (χ4n) is 0.727. The highest BCUT2D eigenvalue weighted by atomic mass is 16.1. The third kappa shape index (κ3) is 2.29. The summed E-state index contributed by atoms with van der Waals surface area (Å²) in [4.78, 5) is 20.5. The molecule has 0 fully saturated rings. The molecule has 2 unspecified atom stereocenters. The average molecular weight is 142 g/mol. The van der Waals surface area contributed by atoms with Crippen LogP contribution in [0.3, 0.4) is 0 Å². The van der Waals surface area contributed by atoms with E-state index in [0.717, 1.165) is 12.6 Å². The molecule has 2 atom stereocenters. The second-order valence-corrected chi connectivity index (χ2v) is 2.85. The number of carbonyl (C=O) groups is 2. The van der Waals surface area contributed by atoms with Gasteiger partial charge in [0.15, 0.2) is 0 Å². The van der Waals surface area contributed by atoms with E-state index in [1.165, 1.54) is 0 Å². The Labute approximate surface area is 61.6 Å². The second-order valence-electron chi connectivity index (χ2n) is 2.85. The van der Waals surface area contributed by atoms with Crippen LogP contribution in [0.15, 0.2) is 0 Å². The summed E-state index contributed by atoms with van der Waals surface area (Å²) < 4.78 is 0. The van der Waals surface area contributed by atoms with Gasteiger partial charge in [0.25, 0.3) is 0 Å². The zero-order valence-corrected chi connectivity index (χ0v) is 6.70. The van der Waals surface area contributed by atoms with Crippen molar-refractivity contribution in [2.24, 2.45) is 17.8 Å². The van der Waals surface area contributed by atoms with Crippen LogP contribution >= 0.6 is 0 Å². The summed E-state index contributed by atoms with van der Waals surface area (Å²) in [7, 11) is 0. The molecule has 0 aliphatic heterocycles. The molecule has 2 nitrogen and oxygen atoms in total. The zero-order chi connectivity index (χ0) is 8.15. The summed E-state index contributed by atoms with van der Waals surface area (Å²) in [6.07, 6.45) is 1.79. The molecule has 0 aromatic heterocycles. The summed E-state index contributed by atoms with van der Waals surface area (Å²) in [6, 6.07) is 0. The quantitative estimate of drug-likeness (QED) is 0.554. The van der Waals surface area contributed by atoms with Crippen LogP contribution in [0.2, 0.25) is 0 Å². The van der Waals surface area contributed by atoms with Crippen molar-refractivity contribution < 1.29 is 9.59 Å². The number of rotatable bonds is 4. The van der Waals surface area contributed by atoms with Gasteiger partial charge in [-0.1, -0.05) is 20.8 Å². The largest absolute Gasteiger partial charge is 0.303 e. The van der Waals surface area contributed by atoms with Crippen LogP contribution in [0.25, 0.3) is 0 Å². The first-order valence-electron chi connectivity index (χ1n) is 3.54. The van der Waals surface area contributed by atoms with Crippen LogP contribution in [0, 0.1) is 17.8 Å². The molecule has 0 aromatic carbocycles. The SMILES string of the molecule is CC(C=O)C(C)C(C)C=O. The van der Waals surface area contributed by atoms with Crippen molar-refractivity contribution in [1.82, 2.24) is 0 Å². The highest BCUT2D eigenvalue weighted by molar-refractivity contribution is 5.58. The van der Waals surface area contributed by atoms with Gasteiger partial charge in [-0.25, -0.2) is 0 Å². The van der Waals surface area contributed by atoms with Crippen molar-refractivity contribution in [3.63, 3.8) is 0 Å². The maximum absolute atomic E-state index is 10.3. The van der Waals surface area contributed by atoms with Crippen molar-refractivity contribution in [3.05, 3.63) is 0 Å². The average Bonchev–Trinajstić information content (AvgIpc) is 2.00. The Hall–Kier alpha value is -0.660. The maximum atomic E-state index is 10.3. The van der Waals surface area contributed by atoms with E-state index in [9.17, 15) is 9.59 Å². The van der Waals surface area contributed by atoms with Crippen LogP contribution in [0.4, 0.5) is 0 Å². The van der Waals surface area contributed by atoms with E-state index in [4.69, 9.17) is 0 Å². The fourth-order valence-corrected chi connectivity index (χ4v) is 0.727. The first-order valence-corrected chi connectivity index (χ1v) is 3.54. The van der Waals surface area contributed by atoms with Gasteiger partial charge in [0.2, 0.25) is 0 Å². The first kappa shape index (κ1) is 9.34. The molecule has 0 rings (SSSR count). The molecule has 0 aliphatic rings. The van der Waals surface area contributed by atoms with E-state index in [0.29, 0.717) is 0 Å². The van der Waals surface area contributed by atoms with Gasteiger partial charge in [-0.15, -0.1) is 0 Å². The Bertz CT molecular complexity index is 106. The molecule has 2 heteroatoms. The van der Waals surface area contributed by atoms with Crippen molar-refractivity contribution in [2.75, 3.05) is 0 Å². The minimum absolute atomic E-state index is 0.0137. The highest BCUT2D eigenvalue weighted by Crippen LogP contribution is 2.16. The van der Waals surface area contributed by atoms with Gasteiger partial charge in [-0.2, -0.15) is 0 Å². The lowest BCUT2D eigenvalue weighted by atomic mass is 9.87. The third-order valence-electron chi connectivity index (χ3n) is 2.09. The lowest BCUT2D eigenvalue weighted by Gasteiger charge is -2.16. The Morgan fingerprint density at radius 1 is 0.900 bits per heavy atom. The summed E-state index contributed by atoms with van der Waals surface area (Å²) in [5.41, 5.74) is 0. The van der Waals surface area contributed by atoms with Crippen LogP contribution in [-0.2, 0) is 9.59 Å². The summed E-state index contributed by atoms with van der Waals surface area (Å²) in [6.45, 7) is 5.58. The minimum Gasteiger partial charge on any atom is -0.303 e. The van der Waals surface area contributed by atoms with Crippen molar-refractivity contribution in [1.29, 1.82) is 0 Å². The zero-order valence-electron chi connectivity index (χ0n) is 6.70. The first-order chi connectivity index (χ1) is 4.63. The van der Waals surface area contributed by atoms with E-state index < -0.39 is 0 Å². The number of hydrogen-bond donors (Lipinski definition) is 0. The molecule has 0 aliphatic carbocycles. The lowest BCUT2D eigenvalue weighted by molar-refractivity contribution is -0.115. The third-order valence-corrected chi connectivity index (χ3v) is 2.09. The predicted molar refractivity (Wildman–Crippen MR) is 39.6 cm³/mol. The van der Waals surface area contributed by atoms with Gasteiger partial charge in [0, 0.05) is 11.8 Å². The molecule has 0 saturated heterocycles. The number of aldehydes is 2. The number of hydrogen-bond acceptors (Lipinski definition) is 2. The topological polar surface area (TPSA) is 34.1 Å². The molecule has 10 heavy (non-hydrogen) atoms. The van der Waals surface area contributed by atoms with Gasteiger partial charge >= 0.3 is 0 Å². The van der Waals surface area contributed by atoms with Crippen LogP contribution < -0.4 is 0 Å². The molecule has 0 bridgehead atoms. The Morgan fingerprint density at radius 3 is 1.40 bits per heavy atom. The molecule has 0 saturated carbocycles. The molecule has 0 heterocycles. The van der Waals surface area contributed by atoms with Crippen LogP contribution in [0.5, 0.6) is 0 Å². The molecule has 0 spiro atoms. The van der Waals surface area contributed by atoms with Crippen molar-refractivity contribution in [2.45, 2.75) is 20.8 Å². The molecule has 0 N–H and O–H groups in total. The lowest BCUT2D eigenvalue weighted by Crippen LogP contribution is -2.18. The second kappa shape index (κ2) is 4.20. The number of carbonyl (C=O) groups excluding carboxylic acids is 2. The van der Waals surface area contributed by atoms with E-state index >= 15 is 0 Å². The molecule has 0 aromatic rings. The van der Waals surface area contributed by atoms with Crippen molar-refractivity contribution >= 4 is 12.6 Å². The van der Waals surface area contributed by atoms with Crippen LogP contribution in [-0.4, -0.2) is 12.6 Å². The fraction of sp³-hybridized carbons (Fsp3) is 0.750. The van der Waals surface area contributed by atoms with E-state index in [1.54, 1.807) is 0 Å². The molecule has 0 amide bonds. The molecular weight excluding hydrogens is 128 g/mol. The van der Waals surface area contributed by atoms with Gasteiger partial charge in [0.05, 0.1) is 0 Å². The molecule has 0 radical (unpaired) electrons. The van der Waals surface area contributed by atoms with Gasteiger partial charge in [-0.3, -0.25) is 0 Å². The van der Waals surface area contributed by atoms with Crippen molar-refractivity contribution in [3.8, 4) is 0 Å². The van der Waals surface area contributed by atoms with Gasteiger partial charge in [0.1, 0.15) is 12.6 Å². The maximum Gasteiger partial charge on any atom is 0.123 e. The smallest absolute Gasteiger partial charge is 0.123 e. The molecular formula is C8H14O2. The highest BCUT2D eigenvalue weighted by Gasteiger charge is 2.17. The van der Waals surface area contributed by atoms with E-state index in [-0.39, 0.29) is 17.8 Å². The minimum atomic E-state index is -0.0137. The van der Waals surface area contributed by atoms with E-state index in [2.05, 4.69) is 0 Å². The Balaban J connectivity index is 3.91. The molecule has 58 valence electrons. The van der Waals surface area contributed by atoms with Gasteiger partial charge in [-0.05, 0) is 5.92 Å². The van der Waals surface area contributed by atoms with Crippen LogP contribution in [0.1, 0.15) is 20.8 Å². The Morgan fingerprint density at radius 2 is 1.20 bits per heavy atom. The van der Waals surface area contributed by atoms with Gasteiger partial charge < -0.3 is 9.59 Å².